The Labute approximate surface area is 182 Å². The standard InChI is InChI=1S/C21H21N7O2S/c1-13-9-10-16(18(23-13)21(2,3)30)28-12-15(24-27-28)19(29)22-11-17-25-26-20(31-17)14-7-5-4-6-8-14/h4-10,12,30H,11H2,1-3H3,(H,22,29). The zero-order valence-electron chi connectivity index (χ0n) is 17.3. The molecule has 10 heteroatoms. The molecule has 0 aliphatic rings. The van der Waals surface area contributed by atoms with Crippen LogP contribution in [0.5, 0.6) is 0 Å². The van der Waals surface area contributed by atoms with Crippen LogP contribution in [0.2, 0.25) is 0 Å². The second-order valence-electron chi connectivity index (χ2n) is 7.48. The molecule has 1 amide bonds. The molecular weight excluding hydrogens is 414 g/mol. The molecule has 0 aliphatic heterocycles. The molecule has 0 saturated carbocycles. The van der Waals surface area contributed by atoms with E-state index in [9.17, 15) is 9.90 Å². The van der Waals surface area contributed by atoms with Gasteiger partial charge in [-0.15, -0.1) is 15.3 Å². The highest BCUT2D eigenvalue weighted by Crippen LogP contribution is 2.25. The molecule has 4 aromatic rings. The lowest BCUT2D eigenvalue weighted by Gasteiger charge is -2.20. The number of nitrogens with one attached hydrogen (secondary N) is 1. The molecule has 0 saturated heterocycles. The van der Waals surface area contributed by atoms with Gasteiger partial charge < -0.3 is 10.4 Å². The Morgan fingerprint density at radius 2 is 1.90 bits per heavy atom. The van der Waals surface area contributed by atoms with Crippen LogP contribution < -0.4 is 5.32 Å². The summed E-state index contributed by atoms with van der Waals surface area (Å²) in [5.41, 5.74) is 1.73. The number of pyridine rings is 1. The van der Waals surface area contributed by atoms with Crippen molar-refractivity contribution in [3.8, 4) is 16.3 Å². The number of hydrogen-bond donors (Lipinski definition) is 2. The molecule has 0 bridgehead atoms. The summed E-state index contributed by atoms with van der Waals surface area (Å²) in [4.78, 5) is 17.0. The lowest BCUT2D eigenvalue weighted by molar-refractivity contribution is 0.0734. The minimum atomic E-state index is -1.18. The van der Waals surface area contributed by atoms with Crippen LogP contribution >= 0.6 is 11.3 Å². The molecule has 2 N–H and O–H groups in total. The van der Waals surface area contributed by atoms with Gasteiger partial charge in [0.05, 0.1) is 24.1 Å². The fourth-order valence-corrected chi connectivity index (χ4v) is 3.72. The van der Waals surface area contributed by atoms with E-state index in [-0.39, 0.29) is 18.1 Å². The van der Waals surface area contributed by atoms with Crippen molar-refractivity contribution in [1.82, 2.24) is 35.5 Å². The summed E-state index contributed by atoms with van der Waals surface area (Å²) in [6.45, 7) is 5.37. The Morgan fingerprint density at radius 1 is 1.13 bits per heavy atom. The molecule has 0 spiro atoms. The van der Waals surface area contributed by atoms with Gasteiger partial charge >= 0.3 is 0 Å². The Hall–Kier alpha value is -3.50. The predicted molar refractivity (Wildman–Crippen MR) is 116 cm³/mol. The molecule has 3 aromatic heterocycles. The van der Waals surface area contributed by atoms with Crippen LogP contribution in [0.3, 0.4) is 0 Å². The molecule has 1 aromatic carbocycles. The smallest absolute Gasteiger partial charge is 0.273 e. The van der Waals surface area contributed by atoms with Crippen molar-refractivity contribution in [2.75, 3.05) is 0 Å². The monoisotopic (exact) mass is 435 g/mol. The number of aryl methyl sites for hydroxylation is 1. The first-order chi connectivity index (χ1) is 14.8. The highest BCUT2D eigenvalue weighted by Gasteiger charge is 2.24. The maximum absolute atomic E-state index is 12.5. The highest BCUT2D eigenvalue weighted by molar-refractivity contribution is 7.14. The van der Waals surface area contributed by atoms with Gasteiger partial charge in [0, 0.05) is 11.3 Å². The minimum Gasteiger partial charge on any atom is -0.384 e. The van der Waals surface area contributed by atoms with Crippen molar-refractivity contribution in [3.63, 3.8) is 0 Å². The summed E-state index contributed by atoms with van der Waals surface area (Å²) in [6.07, 6.45) is 1.51. The predicted octanol–water partition coefficient (Wildman–Crippen LogP) is 2.65. The number of amides is 1. The number of aromatic nitrogens is 6. The second-order valence-corrected chi connectivity index (χ2v) is 8.54. The van der Waals surface area contributed by atoms with Gasteiger partial charge in [-0.1, -0.05) is 46.9 Å². The normalized spacial score (nSPS) is 11.5. The number of benzene rings is 1. The van der Waals surface area contributed by atoms with E-state index in [1.807, 2.05) is 43.3 Å². The molecule has 0 aliphatic carbocycles. The fourth-order valence-electron chi connectivity index (χ4n) is 2.94. The first-order valence-electron chi connectivity index (χ1n) is 9.60. The van der Waals surface area contributed by atoms with Crippen molar-refractivity contribution >= 4 is 17.2 Å². The highest BCUT2D eigenvalue weighted by atomic mass is 32.1. The summed E-state index contributed by atoms with van der Waals surface area (Å²) < 4.78 is 1.44. The molecule has 0 fully saturated rings. The van der Waals surface area contributed by atoms with E-state index in [1.54, 1.807) is 19.9 Å². The average molecular weight is 436 g/mol. The molecule has 0 radical (unpaired) electrons. The maximum atomic E-state index is 12.5. The largest absolute Gasteiger partial charge is 0.384 e. The van der Waals surface area contributed by atoms with Gasteiger partial charge in [0.25, 0.3) is 5.91 Å². The molecule has 9 nitrogen and oxygen atoms in total. The van der Waals surface area contributed by atoms with Crippen molar-refractivity contribution in [3.05, 3.63) is 70.8 Å². The van der Waals surface area contributed by atoms with Crippen LogP contribution in [-0.4, -0.2) is 41.2 Å². The van der Waals surface area contributed by atoms with Crippen molar-refractivity contribution < 1.29 is 9.90 Å². The van der Waals surface area contributed by atoms with Crippen LogP contribution in [0.1, 0.15) is 40.7 Å². The van der Waals surface area contributed by atoms with E-state index < -0.39 is 5.60 Å². The minimum absolute atomic E-state index is 0.148. The molecule has 3 heterocycles. The number of hydrogen-bond acceptors (Lipinski definition) is 8. The first-order valence-corrected chi connectivity index (χ1v) is 10.4. The topological polar surface area (TPSA) is 119 Å². The molecule has 0 atom stereocenters. The SMILES string of the molecule is Cc1ccc(-n2cc(C(=O)NCc3nnc(-c4ccccc4)s3)nn2)c(C(C)(C)O)n1. The van der Waals surface area contributed by atoms with E-state index in [2.05, 4.69) is 30.8 Å². The molecule has 158 valence electrons. The molecular formula is C21H21N7O2S. The summed E-state index contributed by atoms with van der Waals surface area (Å²) in [5.74, 6) is -0.382. The zero-order valence-corrected chi connectivity index (χ0v) is 18.1. The Bertz CT molecular complexity index is 1210. The number of aliphatic hydroxyl groups is 1. The number of rotatable bonds is 6. The zero-order chi connectivity index (χ0) is 22.0. The average Bonchev–Trinajstić information content (AvgIpc) is 3.42. The van der Waals surface area contributed by atoms with Gasteiger partial charge in [-0.05, 0) is 32.9 Å². The van der Waals surface area contributed by atoms with Crippen LogP contribution in [0.4, 0.5) is 0 Å². The number of carbonyl (C=O) groups is 1. The first kappa shape index (κ1) is 20.8. The van der Waals surface area contributed by atoms with Gasteiger partial charge in [-0.3, -0.25) is 9.78 Å². The van der Waals surface area contributed by atoms with Gasteiger partial charge in [0.15, 0.2) is 5.69 Å². The van der Waals surface area contributed by atoms with E-state index in [0.29, 0.717) is 16.4 Å². The van der Waals surface area contributed by atoms with E-state index in [4.69, 9.17) is 0 Å². The third-order valence-corrected chi connectivity index (χ3v) is 5.43. The second kappa shape index (κ2) is 8.32. The van der Waals surface area contributed by atoms with E-state index in [0.717, 1.165) is 16.3 Å². The van der Waals surface area contributed by atoms with Gasteiger partial charge in [-0.25, -0.2) is 4.68 Å². The summed E-state index contributed by atoms with van der Waals surface area (Å²) >= 11 is 1.42. The Balaban J connectivity index is 1.47. The van der Waals surface area contributed by atoms with Crippen molar-refractivity contribution in [2.45, 2.75) is 32.9 Å². The van der Waals surface area contributed by atoms with E-state index in [1.165, 1.54) is 22.2 Å². The third kappa shape index (κ3) is 4.65. The number of nitrogens with zero attached hydrogens (tertiary/aromatic N) is 6. The Kier molecular flexibility index (Phi) is 5.57. The maximum Gasteiger partial charge on any atom is 0.273 e. The van der Waals surface area contributed by atoms with Gasteiger partial charge in [0.2, 0.25) is 0 Å². The molecule has 4 rings (SSSR count). The summed E-state index contributed by atoms with van der Waals surface area (Å²) in [5, 5.41) is 31.0. The molecule has 31 heavy (non-hydrogen) atoms. The van der Waals surface area contributed by atoms with Crippen molar-refractivity contribution in [1.29, 1.82) is 0 Å². The van der Waals surface area contributed by atoms with Crippen LogP contribution in [0, 0.1) is 6.92 Å². The summed E-state index contributed by atoms with van der Waals surface area (Å²) in [7, 11) is 0. The van der Waals surface area contributed by atoms with E-state index >= 15 is 0 Å². The lowest BCUT2D eigenvalue weighted by Crippen LogP contribution is -2.23. The van der Waals surface area contributed by atoms with Crippen LogP contribution in [0.15, 0.2) is 48.7 Å². The molecule has 0 unspecified atom stereocenters. The quantitative estimate of drug-likeness (QED) is 0.478. The Morgan fingerprint density at radius 3 is 2.65 bits per heavy atom. The van der Waals surface area contributed by atoms with Gasteiger partial charge in [-0.2, -0.15) is 0 Å². The summed E-state index contributed by atoms with van der Waals surface area (Å²) in [6, 6.07) is 13.3. The third-order valence-electron chi connectivity index (χ3n) is 4.45. The number of carbonyl (C=O) groups excluding carboxylic acids is 1. The van der Waals surface area contributed by atoms with Gasteiger partial charge in [0.1, 0.15) is 15.6 Å². The van der Waals surface area contributed by atoms with Crippen LogP contribution in [-0.2, 0) is 12.1 Å². The van der Waals surface area contributed by atoms with Crippen molar-refractivity contribution in [2.24, 2.45) is 0 Å². The lowest BCUT2D eigenvalue weighted by atomic mass is 10.0. The fraction of sp³-hybridized carbons (Fsp3) is 0.238. The van der Waals surface area contributed by atoms with Crippen LogP contribution in [0.25, 0.3) is 16.3 Å².